The summed E-state index contributed by atoms with van der Waals surface area (Å²) in [4.78, 5) is 18.3. The largest absolute Gasteiger partial charge is 0.497 e. The molecule has 2 N–H and O–H groups in total. The molecule has 0 spiro atoms. The molecule has 1 saturated heterocycles. The number of likely N-dealkylation sites (tertiary alicyclic amines) is 1. The summed E-state index contributed by atoms with van der Waals surface area (Å²) in [6, 6.07) is 8.51. The van der Waals surface area contributed by atoms with Crippen molar-refractivity contribution in [2.24, 2.45) is 4.99 Å². The van der Waals surface area contributed by atoms with Gasteiger partial charge in [-0.05, 0) is 49.6 Å². The molecule has 1 amide bonds. The second kappa shape index (κ2) is 12.0. The number of methoxy groups -OCH3 is 1. The smallest absolute Gasteiger partial charge is 0.409 e. The number of carbonyl (C=O) groups is 1. The number of piperidine rings is 1. The van der Waals surface area contributed by atoms with Gasteiger partial charge < -0.3 is 29.4 Å². The topological polar surface area (TPSA) is 88.3 Å². The van der Waals surface area contributed by atoms with Crippen molar-refractivity contribution in [1.29, 1.82) is 0 Å². The molecule has 0 atom stereocenters. The van der Waals surface area contributed by atoms with E-state index in [1.165, 1.54) is 19.2 Å². The first-order valence-electron chi connectivity index (χ1n) is 10.9. The highest BCUT2D eigenvalue weighted by Gasteiger charge is 2.24. The molecule has 1 fully saturated rings. The van der Waals surface area contributed by atoms with E-state index in [2.05, 4.69) is 15.6 Å². The van der Waals surface area contributed by atoms with E-state index >= 15 is 0 Å². The average molecular weight is 447 g/mol. The fourth-order valence-corrected chi connectivity index (χ4v) is 3.53. The fraction of sp³-hybridized carbons (Fsp3) is 0.478. The predicted molar refractivity (Wildman–Crippen MR) is 119 cm³/mol. The summed E-state index contributed by atoms with van der Waals surface area (Å²) in [5.74, 6) is 1.62. The van der Waals surface area contributed by atoms with Gasteiger partial charge in [-0.25, -0.2) is 14.2 Å². The van der Waals surface area contributed by atoms with Gasteiger partial charge in [0.15, 0.2) is 5.96 Å². The second-order valence-electron chi connectivity index (χ2n) is 7.52. The Morgan fingerprint density at radius 2 is 2.12 bits per heavy atom. The van der Waals surface area contributed by atoms with Crippen LogP contribution in [0.25, 0.3) is 0 Å². The minimum Gasteiger partial charge on any atom is -0.497 e. The van der Waals surface area contributed by atoms with Crippen molar-refractivity contribution in [2.45, 2.75) is 38.8 Å². The number of hydrogen-bond donors (Lipinski definition) is 2. The fourth-order valence-electron chi connectivity index (χ4n) is 3.53. The van der Waals surface area contributed by atoms with Crippen molar-refractivity contribution in [3.63, 3.8) is 0 Å². The molecule has 0 aliphatic carbocycles. The third-order valence-electron chi connectivity index (χ3n) is 5.19. The molecule has 2 aromatic rings. The first-order valence-corrected chi connectivity index (χ1v) is 10.9. The number of ether oxygens (including phenoxy) is 2. The van der Waals surface area contributed by atoms with Gasteiger partial charge in [0.2, 0.25) is 0 Å². The zero-order chi connectivity index (χ0) is 22.8. The standard InChI is InChI=1S/C23H31FN4O4/c1-3-31-23(29)28-10-7-19(8-11-28)27-22(25-9-6-20-5-4-12-32-20)26-16-17-13-18(24)15-21(14-17)30-2/h4-5,12-15,19H,3,6-11,16H2,1-2H3,(H2,25,26,27). The third-order valence-corrected chi connectivity index (χ3v) is 5.19. The Hall–Kier alpha value is -3.23. The highest BCUT2D eigenvalue weighted by atomic mass is 19.1. The van der Waals surface area contributed by atoms with Gasteiger partial charge in [0.05, 0.1) is 26.5 Å². The lowest BCUT2D eigenvalue weighted by Gasteiger charge is -2.32. The van der Waals surface area contributed by atoms with E-state index in [0.29, 0.717) is 56.5 Å². The van der Waals surface area contributed by atoms with Crippen LogP contribution in [-0.2, 0) is 17.7 Å². The van der Waals surface area contributed by atoms with E-state index in [9.17, 15) is 9.18 Å². The van der Waals surface area contributed by atoms with Gasteiger partial charge in [0.25, 0.3) is 0 Å². The quantitative estimate of drug-likeness (QED) is 0.478. The van der Waals surface area contributed by atoms with Crippen molar-refractivity contribution in [3.05, 3.63) is 53.7 Å². The maximum Gasteiger partial charge on any atom is 0.409 e. The second-order valence-corrected chi connectivity index (χ2v) is 7.52. The number of benzene rings is 1. The molecule has 8 nitrogen and oxygen atoms in total. The van der Waals surface area contributed by atoms with Crippen molar-refractivity contribution >= 4 is 12.1 Å². The highest BCUT2D eigenvalue weighted by Crippen LogP contribution is 2.17. The van der Waals surface area contributed by atoms with Crippen LogP contribution >= 0.6 is 0 Å². The molecule has 32 heavy (non-hydrogen) atoms. The van der Waals surface area contributed by atoms with Gasteiger partial charge in [0, 0.05) is 38.2 Å². The summed E-state index contributed by atoms with van der Waals surface area (Å²) in [5.41, 5.74) is 0.714. The number of aliphatic imine (C=N–C) groups is 1. The normalized spacial score (nSPS) is 14.8. The minimum atomic E-state index is -0.360. The zero-order valence-electron chi connectivity index (χ0n) is 18.6. The summed E-state index contributed by atoms with van der Waals surface area (Å²) in [6.07, 6.45) is 3.66. The molecular weight excluding hydrogens is 415 g/mol. The number of rotatable bonds is 8. The number of guanidine groups is 1. The molecule has 0 radical (unpaired) electrons. The maximum absolute atomic E-state index is 13.8. The van der Waals surface area contributed by atoms with E-state index in [-0.39, 0.29) is 18.0 Å². The summed E-state index contributed by atoms with van der Waals surface area (Å²) in [5, 5.41) is 6.77. The molecular formula is C23H31FN4O4. The van der Waals surface area contributed by atoms with Crippen LogP contribution in [0.4, 0.5) is 9.18 Å². The van der Waals surface area contributed by atoms with E-state index in [1.807, 2.05) is 12.1 Å². The van der Waals surface area contributed by atoms with Crippen LogP contribution < -0.4 is 15.4 Å². The third kappa shape index (κ3) is 7.18. The number of nitrogens with one attached hydrogen (secondary N) is 2. The maximum atomic E-state index is 13.8. The molecule has 1 aliphatic rings. The lowest BCUT2D eigenvalue weighted by Crippen LogP contribution is -2.50. The van der Waals surface area contributed by atoms with Gasteiger partial charge in [-0.15, -0.1) is 0 Å². The summed E-state index contributed by atoms with van der Waals surface area (Å²) < 4.78 is 29.4. The van der Waals surface area contributed by atoms with Gasteiger partial charge in [0.1, 0.15) is 17.3 Å². The van der Waals surface area contributed by atoms with Gasteiger partial charge >= 0.3 is 6.09 Å². The molecule has 1 aromatic carbocycles. The van der Waals surface area contributed by atoms with E-state index in [4.69, 9.17) is 13.9 Å². The molecule has 9 heteroatoms. The van der Waals surface area contributed by atoms with Crippen LogP contribution in [0.1, 0.15) is 31.1 Å². The average Bonchev–Trinajstić information content (AvgIpc) is 3.31. The number of amides is 1. The van der Waals surface area contributed by atoms with Crippen molar-refractivity contribution in [3.8, 4) is 5.75 Å². The lowest BCUT2D eigenvalue weighted by molar-refractivity contribution is 0.0963. The van der Waals surface area contributed by atoms with Crippen LogP contribution in [0.15, 0.2) is 46.0 Å². The minimum absolute atomic E-state index is 0.164. The highest BCUT2D eigenvalue weighted by molar-refractivity contribution is 5.80. The molecule has 1 aliphatic heterocycles. The van der Waals surface area contributed by atoms with E-state index in [0.717, 1.165) is 18.6 Å². The molecule has 0 bridgehead atoms. The van der Waals surface area contributed by atoms with Gasteiger partial charge in [-0.3, -0.25) is 0 Å². The summed E-state index contributed by atoms with van der Waals surface area (Å²) >= 11 is 0. The zero-order valence-corrected chi connectivity index (χ0v) is 18.6. The number of furan rings is 1. The van der Waals surface area contributed by atoms with Gasteiger partial charge in [-0.1, -0.05) is 0 Å². The van der Waals surface area contributed by atoms with Gasteiger partial charge in [-0.2, -0.15) is 0 Å². The molecule has 0 saturated carbocycles. The first kappa shape index (κ1) is 23.4. The van der Waals surface area contributed by atoms with Crippen LogP contribution in [0.5, 0.6) is 5.75 Å². The first-order chi connectivity index (χ1) is 15.6. The number of nitrogens with zero attached hydrogens (tertiary/aromatic N) is 2. The van der Waals surface area contributed by atoms with Crippen LogP contribution in [0.2, 0.25) is 0 Å². The Morgan fingerprint density at radius 3 is 2.81 bits per heavy atom. The number of carbonyl (C=O) groups excluding carboxylic acids is 1. The Kier molecular flexibility index (Phi) is 8.77. The Balaban J connectivity index is 1.60. The number of hydrogen-bond acceptors (Lipinski definition) is 5. The van der Waals surface area contributed by atoms with Crippen molar-refractivity contribution in [2.75, 3.05) is 33.4 Å². The van der Waals surface area contributed by atoms with Crippen molar-refractivity contribution in [1.82, 2.24) is 15.5 Å². The SMILES string of the molecule is CCOC(=O)N1CCC(NC(=NCc2cc(F)cc(OC)c2)NCCc2ccco2)CC1. The van der Waals surface area contributed by atoms with Crippen molar-refractivity contribution < 1.29 is 23.1 Å². The molecule has 2 heterocycles. The molecule has 1 aromatic heterocycles. The Bertz CT molecular complexity index is 880. The molecule has 3 rings (SSSR count). The van der Waals surface area contributed by atoms with E-state index < -0.39 is 0 Å². The lowest BCUT2D eigenvalue weighted by atomic mass is 10.1. The predicted octanol–water partition coefficient (Wildman–Crippen LogP) is 3.33. The van der Waals surface area contributed by atoms with Crippen LogP contribution in [-0.4, -0.2) is 56.3 Å². The summed E-state index contributed by atoms with van der Waals surface area (Å²) in [7, 11) is 1.51. The molecule has 0 unspecified atom stereocenters. The Labute approximate surface area is 187 Å². The number of halogens is 1. The Morgan fingerprint density at radius 1 is 1.31 bits per heavy atom. The van der Waals surface area contributed by atoms with Crippen LogP contribution in [0, 0.1) is 5.82 Å². The van der Waals surface area contributed by atoms with E-state index in [1.54, 1.807) is 24.2 Å². The molecule has 174 valence electrons. The van der Waals surface area contributed by atoms with Crippen LogP contribution in [0.3, 0.4) is 0 Å². The monoisotopic (exact) mass is 446 g/mol. The summed E-state index contributed by atoms with van der Waals surface area (Å²) in [6.45, 7) is 4.35.